The first kappa shape index (κ1) is 21.4. The number of halogens is 1. The molecule has 0 aliphatic carbocycles. The Balaban J connectivity index is 2.15. The van der Waals surface area contributed by atoms with Crippen LogP contribution in [0.3, 0.4) is 0 Å². The van der Waals surface area contributed by atoms with Crippen molar-refractivity contribution in [1.29, 1.82) is 0 Å². The molecule has 2 aromatic carbocycles. The number of ketones is 1. The fraction of sp³-hybridized carbons (Fsp3) is 0.182. The summed E-state index contributed by atoms with van der Waals surface area (Å²) < 4.78 is 44.2. The van der Waals surface area contributed by atoms with Crippen molar-refractivity contribution < 1.29 is 27.1 Å². The van der Waals surface area contributed by atoms with Gasteiger partial charge >= 0.3 is 5.97 Å². The Morgan fingerprint density at radius 3 is 2.37 bits per heavy atom. The predicted molar refractivity (Wildman–Crippen MR) is 110 cm³/mol. The standard InChI is InChI=1S/C22H20FNO5S/c1-4-29-22(26)21(25)16-9-10-24(13-16)20-12-18(30(3,27)28)11-19(14(20)2)15-5-7-17(23)8-6-15/h5-13H,4H2,1-3H3. The number of Topliss-reactive ketones (excluding diaryl/α,β-unsaturated/α-hetero) is 1. The normalized spacial score (nSPS) is 11.3. The molecule has 0 spiro atoms. The minimum atomic E-state index is -3.55. The fourth-order valence-corrected chi connectivity index (χ4v) is 3.74. The van der Waals surface area contributed by atoms with Gasteiger partial charge in [0.2, 0.25) is 0 Å². The molecule has 3 aromatic rings. The van der Waals surface area contributed by atoms with Gasteiger partial charge < -0.3 is 9.30 Å². The summed E-state index contributed by atoms with van der Waals surface area (Å²) in [5.41, 5.74) is 2.62. The topological polar surface area (TPSA) is 82.4 Å². The molecule has 0 unspecified atom stereocenters. The third-order valence-electron chi connectivity index (χ3n) is 4.63. The van der Waals surface area contributed by atoms with E-state index in [2.05, 4.69) is 0 Å². The number of ether oxygens (including phenoxy) is 1. The molecule has 0 fully saturated rings. The SMILES string of the molecule is CCOC(=O)C(=O)c1ccn(-c2cc(S(C)(=O)=O)cc(-c3ccc(F)cc3)c2C)c1. The number of benzene rings is 2. The second-order valence-electron chi connectivity index (χ2n) is 6.75. The quantitative estimate of drug-likeness (QED) is 0.339. The van der Waals surface area contributed by atoms with Gasteiger partial charge in [0.1, 0.15) is 5.82 Å². The molecule has 0 aliphatic heterocycles. The molecule has 1 heterocycles. The molecule has 0 amide bonds. The maximum Gasteiger partial charge on any atom is 0.379 e. The zero-order valence-corrected chi connectivity index (χ0v) is 17.5. The summed E-state index contributed by atoms with van der Waals surface area (Å²) in [6.45, 7) is 3.49. The summed E-state index contributed by atoms with van der Waals surface area (Å²) in [5, 5.41) is 0. The van der Waals surface area contributed by atoms with Crippen molar-refractivity contribution >= 4 is 21.6 Å². The number of hydrogen-bond donors (Lipinski definition) is 0. The van der Waals surface area contributed by atoms with E-state index in [0.717, 1.165) is 11.8 Å². The highest BCUT2D eigenvalue weighted by Crippen LogP contribution is 2.32. The number of rotatable bonds is 6. The van der Waals surface area contributed by atoms with Crippen LogP contribution in [0.4, 0.5) is 4.39 Å². The Morgan fingerprint density at radius 1 is 1.10 bits per heavy atom. The van der Waals surface area contributed by atoms with Gasteiger partial charge in [-0.15, -0.1) is 0 Å². The van der Waals surface area contributed by atoms with Crippen molar-refractivity contribution in [2.75, 3.05) is 12.9 Å². The molecule has 0 N–H and O–H groups in total. The number of carbonyl (C=O) groups is 2. The Labute approximate surface area is 173 Å². The third-order valence-corrected chi connectivity index (χ3v) is 5.72. The summed E-state index contributed by atoms with van der Waals surface area (Å²) in [4.78, 5) is 24.0. The lowest BCUT2D eigenvalue weighted by Crippen LogP contribution is -2.16. The second-order valence-corrected chi connectivity index (χ2v) is 8.77. The second kappa shape index (κ2) is 8.23. The molecule has 0 saturated heterocycles. The van der Waals surface area contributed by atoms with Gasteiger partial charge in [0, 0.05) is 29.9 Å². The lowest BCUT2D eigenvalue weighted by Gasteiger charge is -2.15. The van der Waals surface area contributed by atoms with Gasteiger partial charge in [0.15, 0.2) is 9.84 Å². The van der Waals surface area contributed by atoms with E-state index in [-0.39, 0.29) is 17.1 Å². The zero-order chi connectivity index (χ0) is 22.1. The van der Waals surface area contributed by atoms with Gasteiger partial charge in [-0.25, -0.2) is 17.6 Å². The first-order chi connectivity index (χ1) is 14.1. The summed E-state index contributed by atoms with van der Waals surface area (Å²) in [7, 11) is -3.55. The molecular weight excluding hydrogens is 409 g/mol. The monoisotopic (exact) mass is 429 g/mol. The molecular formula is C22H20FNO5S. The number of esters is 1. The van der Waals surface area contributed by atoms with Crippen molar-refractivity contribution in [3.8, 4) is 16.8 Å². The Morgan fingerprint density at radius 2 is 1.77 bits per heavy atom. The third kappa shape index (κ3) is 4.33. The number of carbonyl (C=O) groups excluding carboxylic acids is 2. The number of hydrogen-bond acceptors (Lipinski definition) is 5. The molecule has 6 nitrogen and oxygen atoms in total. The van der Waals surface area contributed by atoms with Crippen molar-refractivity contribution in [2.24, 2.45) is 0 Å². The van der Waals surface area contributed by atoms with E-state index in [0.29, 0.717) is 16.8 Å². The van der Waals surface area contributed by atoms with Crippen LogP contribution < -0.4 is 0 Å². The Hall–Kier alpha value is -3.26. The van der Waals surface area contributed by atoms with Crippen LogP contribution in [-0.4, -0.2) is 37.6 Å². The highest BCUT2D eigenvalue weighted by Gasteiger charge is 2.20. The van der Waals surface area contributed by atoms with Gasteiger partial charge in [-0.1, -0.05) is 12.1 Å². The first-order valence-corrected chi connectivity index (χ1v) is 11.0. The fourth-order valence-electron chi connectivity index (χ4n) is 3.08. The maximum absolute atomic E-state index is 13.3. The van der Waals surface area contributed by atoms with E-state index in [1.165, 1.54) is 36.5 Å². The predicted octanol–water partition coefficient (Wildman–Crippen LogP) is 3.74. The van der Waals surface area contributed by atoms with Crippen molar-refractivity contribution in [3.63, 3.8) is 0 Å². The summed E-state index contributed by atoms with van der Waals surface area (Å²) in [6.07, 6.45) is 4.11. The molecule has 0 aliphatic rings. The number of aromatic nitrogens is 1. The van der Waals surface area contributed by atoms with Crippen LogP contribution in [-0.2, 0) is 19.4 Å². The molecule has 8 heteroatoms. The largest absolute Gasteiger partial charge is 0.460 e. The molecule has 0 saturated carbocycles. The molecule has 0 radical (unpaired) electrons. The summed E-state index contributed by atoms with van der Waals surface area (Å²) in [6, 6.07) is 10.2. The Bertz CT molecular complexity index is 1230. The molecule has 30 heavy (non-hydrogen) atoms. The molecule has 3 rings (SSSR count). The minimum Gasteiger partial charge on any atom is -0.460 e. The van der Waals surface area contributed by atoms with Crippen LogP contribution in [0.25, 0.3) is 16.8 Å². The molecule has 1 aromatic heterocycles. The average molecular weight is 429 g/mol. The van der Waals surface area contributed by atoms with Crippen molar-refractivity contribution in [2.45, 2.75) is 18.7 Å². The van der Waals surface area contributed by atoms with E-state index in [1.807, 2.05) is 0 Å². The lowest BCUT2D eigenvalue weighted by atomic mass is 9.99. The highest BCUT2D eigenvalue weighted by atomic mass is 32.2. The Kier molecular flexibility index (Phi) is 5.89. The van der Waals surface area contributed by atoms with E-state index >= 15 is 0 Å². The molecule has 0 bridgehead atoms. The molecule has 156 valence electrons. The van der Waals surface area contributed by atoms with Gasteiger partial charge in [0.05, 0.1) is 11.5 Å². The van der Waals surface area contributed by atoms with Gasteiger partial charge in [-0.2, -0.15) is 0 Å². The average Bonchev–Trinajstić information content (AvgIpc) is 3.17. The van der Waals surface area contributed by atoms with Crippen molar-refractivity contribution in [3.05, 3.63) is 71.8 Å². The summed E-state index contributed by atoms with van der Waals surface area (Å²) >= 11 is 0. The highest BCUT2D eigenvalue weighted by molar-refractivity contribution is 7.90. The van der Waals surface area contributed by atoms with Gasteiger partial charge in [-0.05, 0) is 60.9 Å². The smallest absolute Gasteiger partial charge is 0.379 e. The van der Waals surface area contributed by atoms with E-state index in [4.69, 9.17) is 4.74 Å². The van der Waals surface area contributed by atoms with Gasteiger partial charge in [0.25, 0.3) is 5.78 Å². The van der Waals surface area contributed by atoms with Crippen LogP contribution in [0.5, 0.6) is 0 Å². The van der Waals surface area contributed by atoms with Gasteiger partial charge in [-0.3, -0.25) is 4.79 Å². The van der Waals surface area contributed by atoms with Crippen LogP contribution in [0, 0.1) is 12.7 Å². The van der Waals surface area contributed by atoms with Crippen LogP contribution in [0.2, 0.25) is 0 Å². The minimum absolute atomic E-state index is 0.0781. The maximum atomic E-state index is 13.3. The lowest BCUT2D eigenvalue weighted by molar-refractivity contribution is -0.137. The van der Waals surface area contributed by atoms with E-state index in [9.17, 15) is 22.4 Å². The van der Waals surface area contributed by atoms with E-state index < -0.39 is 27.4 Å². The van der Waals surface area contributed by atoms with Crippen molar-refractivity contribution in [1.82, 2.24) is 4.57 Å². The zero-order valence-electron chi connectivity index (χ0n) is 16.7. The summed E-state index contributed by atoms with van der Waals surface area (Å²) in [5.74, 6) is -2.14. The van der Waals surface area contributed by atoms with Crippen LogP contribution in [0.15, 0.2) is 59.8 Å². The first-order valence-electron chi connectivity index (χ1n) is 9.12. The van der Waals surface area contributed by atoms with Crippen LogP contribution >= 0.6 is 0 Å². The van der Waals surface area contributed by atoms with E-state index in [1.54, 1.807) is 36.7 Å². The molecule has 0 atom stereocenters. The number of nitrogens with zero attached hydrogens (tertiary/aromatic N) is 1. The van der Waals surface area contributed by atoms with Crippen LogP contribution in [0.1, 0.15) is 22.8 Å². The number of sulfone groups is 1.